The number of ether oxygens (including phenoxy) is 2. The molecule has 1 aliphatic heterocycles. The molecule has 1 heterocycles. The first kappa shape index (κ1) is 6.87. The van der Waals surface area contributed by atoms with E-state index in [1.807, 2.05) is 0 Å². The average Bonchev–Trinajstić information content (AvgIpc) is 2.87. The molecular weight excluding hydrogens is 244 g/mol. The van der Waals surface area contributed by atoms with E-state index in [1.165, 1.54) is 0 Å². The maximum absolute atomic E-state index is 6.04. The molecule has 1 saturated heterocycles. The molecule has 8 atom stereocenters. The molecule has 0 N–H and O–H groups in total. The Hall–Kier alpha value is 0.400. The lowest BCUT2D eigenvalue weighted by Crippen LogP contribution is -2.49. The Kier molecular flexibility index (Phi) is 0.723. The van der Waals surface area contributed by atoms with E-state index in [0.29, 0.717) is 0 Å². The normalized spacial score (nSPS) is 81.6. The Morgan fingerprint density at radius 3 is 1.86 bits per heavy atom. The molecule has 7 rings (SSSR count). The van der Waals surface area contributed by atoms with Crippen LogP contribution < -0.4 is 0 Å². The fourth-order valence-corrected chi connectivity index (χ4v) is 8.02. The van der Waals surface area contributed by atoms with Crippen LogP contribution in [0.15, 0.2) is 0 Å². The standard InChI is InChI=1S/C11H11BrO2/c12-10-7-3-4-6(8(4)10)9(5(3)7)11(10)13-1-2-14-11/h3-9H,1-2H2/t3-,4+,5-,6-,7+,8-,9?,10?/m0/s1. The first-order chi connectivity index (χ1) is 6.82. The quantitative estimate of drug-likeness (QED) is 0.606. The van der Waals surface area contributed by atoms with E-state index in [0.717, 1.165) is 54.6 Å². The van der Waals surface area contributed by atoms with Crippen molar-refractivity contribution in [1.82, 2.24) is 0 Å². The molecule has 7 fully saturated rings. The first-order valence-corrected chi connectivity index (χ1v) is 6.58. The molecule has 6 saturated carbocycles. The molecule has 1 spiro atoms. The summed E-state index contributed by atoms with van der Waals surface area (Å²) in [6.45, 7) is 1.64. The number of hydrogen-bond donors (Lipinski definition) is 0. The van der Waals surface area contributed by atoms with Gasteiger partial charge >= 0.3 is 0 Å². The van der Waals surface area contributed by atoms with Gasteiger partial charge in [0.05, 0.1) is 17.5 Å². The van der Waals surface area contributed by atoms with Gasteiger partial charge in [0.15, 0.2) is 5.79 Å². The van der Waals surface area contributed by atoms with Gasteiger partial charge < -0.3 is 9.47 Å². The van der Waals surface area contributed by atoms with Gasteiger partial charge in [-0.2, -0.15) is 0 Å². The van der Waals surface area contributed by atoms with Crippen LogP contribution in [0.2, 0.25) is 0 Å². The number of alkyl halides is 1. The fourth-order valence-electron chi connectivity index (χ4n) is 6.30. The maximum Gasteiger partial charge on any atom is 0.187 e. The zero-order valence-corrected chi connectivity index (χ0v) is 9.24. The second-order valence-corrected chi connectivity index (χ2v) is 7.33. The van der Waals surface area contributed by atoms with Gasteiger partial charge in [0.2, 0.25) is 0 Å². The Labute approximate surface area is 90.4 Å². The second-order valence-electron chi connectivity index (χ2n) is 6.02. The number of rotatable bonds is 0. The highest BCUT2D eigenvalue weighted by atomic mass is 79.9. The van der Waals surface area contributed by atoms with E-state index in [-0.39, 0.29) is 10.1 Å². The molecule has 0 amide bonds. The number of hydrogen-bond acceptors (Lipinski definition) is 2. The molecule has 7 aliphatic rings. The molecule has 0 radical (unpaired) electrons. The largest absolute Gasteiger partial charge is 0.346 e. The van der Waals surface area contributed by atoms with E-state index in [1.54, 1.807) is 0 Å². The Balaban J connectivity index is 1.70. The summed E-state index contributed by atoms with van der Waals surface area (Å²) in [6, 6.07) is 0. The van der Waals surface area contributed by atoms with Gasteiger partial charge in [0, 0.05) is 5.92 Å². The van der Waals surface area contributed by atoms with Crippen LogP contribution in [0.1, 0.15) is 0 Å². The zero-order chi connectivity index (χ0) is 8.87. The van der Waals surface area contributed by atoms with Crippen molar-refractivity contribution in [3.05, 3.63) is 0 Å². The Bertz CT molecular complexity index is 367. The molecule has 14 heavy (non-hydrogen) atoms. The molecule has 0 aromatic heterocycles. The molecule has 2 bridgehead atoms. The molecule has 0 aromatic carbocycles. The van der Waals surface area contributed by atoms with Crippen molar-refractivity contribution in [2.24, 2.45) is 41.4 Å². The van der Waals surface area contributed by atoms with Crippen LogP contribution in [0.3, 0.4) is 0 Å². The summed E-state index contributed by atoms with van der Waals surface area (Å²) in [5.41, 5.74) is 0. The summed E-state index contributed by atoms with van der Waals surface area (Å²) < 4.78 is 12.3. The lowest BCUT2D eigenvalue weighted by atomic mass is 9.98. The smallest absolute Gasteiger partial charge is 0.187 e. The van der Waals surface area contributed by atoms with Gasteiger partial charge in [-0.1, -0.05) is 15.9 Å². The molecule has 74 valence electrons. The third-order valence-corrected chi connectivity index (χ3v) is 7.81. The molecule has 2 unspecified atom stereocenters. The Morgan fingerprint density at radius 2 is 1.43 bits per heavy atom. The topological polar surface area (TPSA) is 18.5 Å². The molecule has 0 aromatic rings. The van der Waals surface area contributed by atoms with Crippen LogP contribution >= 0.6 is 15.9 Å². The maximum atomic E-state index is 6.04. The van der Waals surface area contributed by atoms with Gasteiger partial charge in [-0.05, 0) is 35.5 Å². The average molecular weight is 255 g/mol. The minimum Gasteiger partial charge on any atom is -0.346 e. The van der Waals surface area contributed by atoms with Crippen molar-refractivity contribution in [2.75, 3.05) is 13.2 Å². The van der Waals surface area contributed by atoms with Gasteiger partial charge in [-0.15, -0.1) is 0 Å². The van der Waals surface area contributed by atoms with Crippen molar-refractivity contribution in [2.45, 2.75) is 10.1 Å². The van der Waals surface area contributed by atoms with Crippen molar-refractivity contribution >= 4 is 15.9 Å². The SMILES string of the molecule is BrC12[C@@H]3[C@H]4C([C@H]5[C@H]([C@H]43)[C@H]51)C21OCCO1. The van der Waals surface area contributed by atoms with Gasteiger partial charge in [0.25, 0.3) is 0 Å². The minimum atomic E-state index is -0.166. The summed E-state index contributed by atoms with van der Waals surface area (Å²) in [6.07, 6.45) is 0. The van der Waals surface area contributed by atoms with E-state index >= 15 is 0 Å². The van der Waals surface area contributed by atoms with Gasteiger partial charge in [0.1, 0.15) is 0 Å². The molecule has 2 nitrogen and oxygen atoms in total. The van der Waals surface area contributed by atoms with Gasteiger partial charge in [-0.25, -0.2) is 0 Å². The monoisotopic (exact) mass is 254 g/mol. The summed E-state index contributed by atoms with van der Waals surface area (Å²) in [5.74, 6) is 6.56. The molecule has 3 heteroatoms. The Morgan fingerprint density at radius 1 is 0.857 bits per heavy atom. The zero-order valence-electron chi connectivity index (χ0n) is 7.65. The third kappa shape index (κ3) is 0.344. The van der Waals surface area contributed by atoms with E-state index in [9.17, 15) is 0 Å². The summed E-state index contributed by atoms with van der Waals surface area (Å²) in [5, 5.41) is 0. The van der Waals surface area contributed by atoms with Crippen LogP contribution in [0.25, 0.3) is 0 Å². The highest BCUT2D eigenvalue weighted by Crippen LogP contribution is 3.00. The van der Waals surface area contributed by atoms with Crippen LogP contribution in [0, 0.1) is 41.4 Å². The minimum absolute atomic E-state index is 0.166. The molecular formula is C11H11BrO2. The highest BCUT2D eigenvalue weighted by molar-refractivity contribution is 9.10. The van der Waals surface area contributed by atoms with Crippen LogP contribution in [-0.4, -0.2) is 23.3 Å². The van der Waals surface area contributed by atoms with Crippen molar-refractivity contribution in [3.8, 4) is 0 Å². The van der Waals surface area contributed by atoms with E-state index < -0.39 is 0 Å². The predicted molar refractivity (Wildman–Crippen MR) is 50.7 cm³/mol. The highest BCUT2D eigenvalue weighted by Gasteiger charge is 3.03. The fraction of sp³-hybridized carbons (Fsp3) is 1.00. The van der Waals surface area contributed by atoms with Gasteiger partial charge in [-0.3, -0.25) is 0 Å². The predicted octanol–water partition coefficient (Wildman–Crippen LogP) is 1.24. The lowest BCUT2D eigenvalue weighted by Gasteiger charge is -2.37. The molecule has 6 aliphatic carbocycles. The number of halogens is 1. The second kappa shape index (κ2) is 1.47. The lowest BCUT2D eigenvalue weighted by molar-refractivity contribution is -0.191. The van der Waals surface area contributed by atoms with E-state index in [2.05, 4.69) is 15.9 Å². The van der Waals surface area contributed by atoms with Crippen LogP contribution in [-0.2, 0) is 9.47 Å². The van der Waals surface area contributed by atoms with Crippen LogP contribution in [0.4, 0.5) is 0 Å². The van der Waals surface area contributed by atoms with Crippen LogP contribution in [0.5, 0.6) is 0 Å². The third-order valence-electron chi connectivity index (χ3n) is 6.20. The first-order valence-electron chi connectivity index (χ1n) is 5.79. The summed E-state index contributed by atoms with van der Waals surface area (Å²) in [7, 11) is 0. The van der Waals surface area contributed by atoms with Crippen molar-refractivity contribution in [3.63, 3.8) is 0 Å². The van der Waals surface area contributed by atoms with Crippen molar-refractivity contribution in [1.29, 1.82) is 0 Å². The van der Waals surface area contributed by atoms with Crippen molar-refractivity contribution < 1.29 is 9.47 Å². The summed E-state index contributed by atoms with van der Waals surface area (Å²) >= 11 is 4.06. The van der Waals surface area contributed by atoms with E-state index in [4.69, 9.17) is 9.47 Å². The summed E-state index contributed by atoms with van der Waals surface area (Å²) in [4.78, 5) is 0.